The Kier molecular flexibility index (Phi) is 4.34. The van der Waals surface area contributed by atoms with Gasteiger partial charge in [0, 0.05) is 12.1 Å². The molecular weight excluding hydrogens is 278 g/mol. The molecule has 0 unspecified atom stereocenters. The van der Waals surface area contributed by atoms with Gasteiger partial charge >= 0.3 is 6.09 Å². The highest BCUT2D eigenvalue weighted by Gasteiger charge is 2.32. The fraction of sp³-hybridized carbons (Fsp3) is 0.533. The number of alkyl carbamates (subject to hydrolysis) is 1. The molecule has 1 aromatic carbocycles. The zero-order valence-electron chi connectivity index (χ0n) is 12.4. The van der Waals surface area contributed by atoms with Crippen molar-refractivity contribution in [3.63, 3.8) is 0 Å². The standard InChI is InChI=1S/C15H20F2N2O2/c1-15(2,3)21-14(20)19-10-7-9(8-10)18-12-6-4-5-11(16)13(12)17/h4-6,9-10,18H,7-8H2,1-3H3,(H,19,20). The number of hydrogen-bond donors (Lipinski definition) is 2. The van der Waals surface area contributed by atoms with Crippen molar-refractivity contribution in [2.24, 2.45) is 0 Å². The molecule has 1 amide bonds. The molecule has 0 spiro atoms. The average molecular weight is 298 g/mol. The van der Waals surface area contributed by atoms with Crippen LogP contribution in [0.25, 0.3) is 0 Å². The first kappa shape index (κ1) is 15.5. The molecule has 1 aliphatic carbocycles. The lowest BCUT2D eigenvalue weighted by Gasteiger charge is -2.37. The quantitative estimate of drug-likeness (QED) is 0.899. The van der Waals surface area contributed by atoms with E-state index in [0.29, 0.717) is 12.8 Å². The number of carbonyl (C=O) groups is 1. The highest BCUT2D eigenvalue weighted by atomic mass is 19.2. The van der Waals surface area contributed by atoms with Gasteiger partial charge in [0.05, 0.1) is 5.69 Å². The molecule has 0 atom stereocenters. The number of carbonyl (C=O) groups excluding carboxylic acids is 1. The maximum Gasteiger partial charge on any atom is 0.407 e. The molecule has 2 rings (SSSR count). The van der Waals surface area contributed by atoms with E-state index in [0.717, 1.165) is 6.07 Å². The van der Waals surface area contributed by atoms with Crippen molar-refractivity contribution in [2.75, 3.05) is 5.32 Å². The molecule has 0 saturated heterocycles. The number of hydrogen-bond acceptors (Lipinski definition) is 3. The zero-order valence-corrected chi connectivity index (χ0v) is 12.4. The van der Waals surface area contributed by atoms with Crippen molar-refractivity contribution in [1.29, 1.82) is 0 Å². The second-order valence-corrected chi connectivity index (χ2v) is 6.26. The van der Waals surface area contributed by atoms with E-state index in [4.69, 9.17) is 4.74 Å². The molecule has 0 radical (unpaired) electrons. The second kappa shape index (κ2) is 5.87. The number of benzene rings is 1. The Morgan fingerprint density at radius 3 is 2.52 bits per heavy atom. The lowest BCUT2D eigenvalue weighted by molar-refractivity contribution is 0.0475. The topological polar surface area (TPSA) is 50.4 Å². The molecule has 0 aliphatic heterocycles. The van der Waals surface area contributed by atoms with Crippen LogP contribution in [0.5, 0.6) is 0 Å². The van der Waals surface area contributed by atoms with Crippen molar-refractivity contribution >= 4 is 11.8 Å². The van der Waals surface area contributed by atoms with Crippen LogP contribution in [-0.4, -0.2) is 23.8 Å². The van der Waals surface area contributed by atoms with Gasteiger partial charge in [0.1, 0.15) is 5.60 Å². The van der Waals surface area contributed by atoms with Crippen LogP contribution in [0, 0.1) is 11.6 Å². The van der Waals surface area contributed by atoms with E-state index in [1.165, 1.54) is 12.1 Å². The Hall–Kier alpha value is -1.85. The molecule has 2 N–H and O–H groups in total. The van der Waals surface area contributed by atoms with Gasteiger partial charge in [0.25, 0.3) is 0 Å². The summed E-state index contributed by atoms with van der Waals surface area (Å²) in [5.74, 6) is -1.75. The van der Waals surface area contributed by atoms with Crippen molar-refractivity contribution in [3.05, 3.63) is 29.8 Å². The lowest BCUT2D eigenvalue weighted by Crippen LogP contribution is -2.50. The number of rotatable bonds is 3. The predicted octanol–water partition coefficient (Wildman–Crippen LogP) is 3.43. The third-order valence-electron chi connectivity index (χ3n) is 3.17. The molecule has 0 bridgehead atoms. The van der Waals surface area contributed by atoms with Gasteiger partial charge in [-0.25, -0.2) is 13.6 Å². The number of ether oxygens (including phenoxy) is 1. The highest BCUT2D eigenvalue weighted by Crippen LogP contribution is 2.26. The summed E-state index contributed by atoms with van der Waals surface area (Å²) < 4.78 is 31.7. The van der Waals surface area contributed by atoms with Gasteiger partial charge in [-0.2, -0.15) is 0 Å². The Balaban J connectivity index is 1.77. The fourth-order valence-electron chi connectivity index (χ4n) is 2.16. The summed E-state index contributed by atoms with van der Waals surface area (Å²) in [5.41, 5.74) is -0.383. The smallest absolute Gasteiger partial charge is 0.407 e. The predicted molar refractivity (Wildman–Crippen MR) is 76.2 cm³/mol. The van der Waals surface area contributed by atoms with Gasteiger partial charge in [-0.3, -0.25) is 0 Å². The molecule has 1 aliphatic rings. The van der Waals surface area contributed by atoms with E-state index in [1.807, 2.05) is 0 Å². The summed E-state index contributed by atoms with van der Waals surface area (Å²) in [6.07, 6.45) is 0.840. The van der Waals surface area contributed by atoms with Gasteiger partial charge in [-0.05, 0) is 45.7 Å². The van der Waals surface area contributed by atoms with Crippen molar-refractivity contribution in [3.8, 4) is 0 Å². The second-order valence-electron chi connectivity index (χ2n) is 6.26. The minimum absolute atomic E-state index is 0.00558. The third-order valence-corrected chi connectivity index (χ3v) is 3.17. The maximum absolute atomic E-state index is 13.5. The normalized spacial score (nSPS) is 21.4. The monoisotopic (exact) mass is 298 g/mol. The molecule has 4 nitrogen and oxygen atoms in total. The summed E-state index contributed by atoms with van der Waals surface area (Å²) in [7, 11) is 0. The van der Waals surface area contributed by atoms with Crippen molar-refractivity contribution < 1.29 is 18.3 Å². The largest absolute Gasteiger partial charge is 0.444 e. The Labute approximate surface area is 122 Å². The van der Waals surface area contributed by atoms with Gasteiger partial charge in [0.2, 0.25) is 0 Å². The molecule has 6 heteroatoms. The molecule has 1 saturated carbocycles. The van der Waals surface area contributed by atoms with Crippen LogP contribution in [0.15, 0.2) is 18.2 Å². The summed E-state index contributed by atoms with van der Waals surface area (Å²) in [4.78, 5) is 11.6. The first-order chi connectivity index (χ1) is 9.74. The van der Waals surface area contributed by atoms with E-state index >= 15 is 0 Å². The van der Waals surface area contributed by atoms with Crippen LogP contribution < -0.4 is 10.6 Å². The molecular formula is C15H20F2N2O2. The van der Waals surface area contributed by atoms with E-state index < -0.39 is 23.3 Å². The van der Waals surface area contributed by atoms with E-state index in [1.54, 1.807) is 20.8 Å². The Bertz CT molecular complexity index is 523. The van der Waals surface area contributed by atoms with E-state index in [2.05, 4.69) is 10.6 Å². The van der Waals surface area contributed by atoms with Crippen molar-refractivity contribution in [2.45, 2.75) is 51.3 Å². The minimum Gasteiger partial charge on any atom is -0.444 e. The summed E-state index contributed by atoms with van der Waals surface area (Å²) in [6.45, 7) is 5.39. The molecule has 0 heterocycles. The van der Waals surface area contributed by atoms with Gasteiger partial charge in [-0.1, -0.05) is 6.07 Å². The number of nitrogens with one attached hydrogen (secondary N) is 2. The maximum atomic E-state index is 13.5. The molecule has 0 aromatic heterocycles. The molecule has 116 valence electrons. The summed E-state index contributed by atoms with van der Waals surface area (Å²) >= 11 is 0. The van der Waals surface area contributed by atoms with Crippen LogP contribution in [0.1, 0.15) is 33.6 Å². The Morgan fingerprint density at radius 2 is 1.90 bits per heavy atom. The third kappa shape index (κ3) is 4.31. The van der Waals surface area contributed by atoms with E-state index in [9.17, 15) is 13.6 Å². The zero-order chi connectivity index (χ0) is 15.6. The first-order valence-corrected chi connectivity index (χ1v) is 6.94. The van der Waals surface area contributed by atoms with Crippen LogP contribution in [0.3, 0.4) is 0 Å². The average Bonchev–Trinajstić information content (AvgIpc) is 2.29. The van der Waals surface area contributed by atoms with Crippen molar-refractivity contribution in [1.82, 2.24) is 5.32 Å². The van der Waals surface area contributed by atoms with Crippen LogP contribution in [0.4, 0.5) is 19.3 Å². The molecule has 1 fully saturated rings. The van der Waals surface area contributed by atoms with Crippen LogP contribution >= 0.6 is 0 Å². The fourth-order valence-corrected chi connectivity index (χ4v) is 2.16. The first-order valence-electron chi connectivity index (χ1n) is 6.94. The van der Waals surface area contributed by atoms with Crippen LogP contribution in [-0.2, 0) is 4.74 Å². The number of amides is 1. The SMILES string of the molecule is CC(C)(C)OC(=O)NC1CC(Nc2cccc(F)c2F)C1. The van der Waals surface area contributed by atoms with Gasteiger partial charge < -0.3 is 15.4 Å². The summed E-state index contributed by atoms with van der Waals surface area (Å²) in [6, 6.07) is 4.03. The minimum atomic E-state index is -0.874. The highest BCUT2D eigenvalue weighted by molar-refractivity contribution is 5.68. The number of halogens is 2. The van der Waals surface area contributed by atoms with Gasteiger partial charge in [0.15, 0.2) is 11.6 Å². The van der Waals surface area contributed by atoms with Gasteiger partial charge in [-0.15, -0.1) is 0 Å². The number of anilines is 1. The lowest BCUT2D eigenvalue weighted by atomic mass is 9.86. The van der Waals surface area contributed by atoms with E-state index in [-0.39, 0.29) is 17.8 Å². The Morgan fingerprint density at radius 1 is 1.24 bits per heavy atom. The summed E-state index contributed by atoms with van der Waals surface area (Å²) in [5, 5.41) is 5.68. The van der Waals surface area contributed by atoms with Crippen LogP contribution in [0.2, 0.25) is 0 Å². The molecule has 1 aromatic rings. The molecule has 21 heavy (non-hydrogen) atoms.